The molecule has 1 aliphatic heterocycles. The number of hydrogen-bond acceptors (Lipinski definition) is 5. The summed E-state index contributed by atoms with van der Waals surface area (Å²) in [6, 6.07) is 20.5. The van der Waals surface area contributed by atoms with Gasteiger partial charge in [-0.2, -0.15) is 5.26 Å². The van der Waals surface area contributed by atoms with Gasteiger partial charge < -0.3 is 9.47 Å². The molecule has 5 heteroatoms. The van der Waals surface area contributed by atoms with Gasteiger partial charge in [0.05, 0.1) is 30.4 Å². The van der Waals surface area contributed by atoms with E-state index in [0.29, 0.717) is 36.6 Å². The van der Waals surface area contributed by atoms with Crippen LogP contribution >= 0.6 is 0 Å². The normalized spacial score (nSPS) is 14.5. The number of benzene rings is 3. The van der Waals surface area contributed by atoms with Crippen molar-refractivity contribution in [3.63, 3.8) is 0 Å². The predicted octanol–water partition coefficient (Wildman–Crippen LogP) is 3.76. The lowest BCUT2D eigenvalue weighted by atomic mass is 10.0. The first-order valence-electron chi connectivity index (χ1n) is 9.27. The SMILES string of the molecule is N#Cc1cccc(C(=O)Oc2ccc3ccccc3c2CN2CCOCC2)c1. The zero-order valence-electron chi connectivity index (χ0n) is 15.4. The van der Waals surface area contributed by atoms with Gasteiger partial charge in [-0.25, -0.2) is 4.79 Å². The van der Waals surface area contributed by atoms with Gasteiger partial charge in [0.1, 0.15) is 5.75 Å². The standard InChI is InChI=1S/C23H20N2O3/c24-15-17-4-3-6-19(14-17)23(26)28-22-9-8-18-5-1-2-7-20(18)21(22)16-25-10-12-27-13-11-25/h1-9,14H,10-13,16H2. The van der Waals surface area contributed by atoms with Crippen molar-refractivity contribution in [1.29, 1.82) is 5.26 Å². The van der Waals surface area contributed by atoms with Gasteiger partial charge in [0, 0.05) is 25.2 Å². The van der Waals surface area contributed by atoms with Gasteiger partial charge in [-0.05, 0) is 35.0 Å². The maximum Gasteiger partial charge on any atom is 0.343 e. The molecule has 1 saturated heterocycles. The first-order valence-corrected chi connectivity index (χ1v) is 9.27. The van der Waals surface area contributed by atoms with Crippen molar-refractivity contribution in [2.24, 2.45) is 0 Å². The van der Waals surface area contributed by atoms with E-state index in [0.717, 1.165) is 29.4 Å². The number of carbonyl (C=O) groups is 1. The summed E-state index contributed by atoms with van der Waals surface area (Å²) in [6.45, 7) is 3.80. The van der Waals surface area contributed by atoms with Crippen LogP contribution in [0.1, 0.15) is 21.5 Å². The number of nitriles is 1. The van der Waals surface area contributed by atoms with Gasteiger partial charge in [0.25, 0.3) is 0 Å². The number of ether oxygens (including phenoxy) is 2. The lowest BCUT2D eigenvalue weighted by molar-refractivity contribution is 0.0339. The number of rotatable bonds is 4. The van der Waals surface area contributed by atoms with Crippen molar-refractivity contribution >= 4 is 16.7 Å². The van der Waals surface area contributed by atoms with Gasteiger partial charge in [-0.1, -0.05) is 36.4 Å². The molecule has 3 aromatic carbocycles. The van der Waals surface area contributed by atoms with E-state index in [1.54, 1.807) is 24.3 Å². The van der Waals surface area contributed by atoms with Crippen molar-refractivity contribution in [3.8, 4) is 11.8 Å². The van der Waals surface area contributed by atoms with Crippen LogP contribution in [0.5, 0.6) is 5.75 Å². The minimum atomic E-state index is -0.462. The maximum atomic E-state index is 12.7. The highest BCUT2D eigenvalue weighted by atomic mass is 16.5. The molecule has 0 aromatic heterocycles. The Hall–Kier alpha value is -3.20. The number of carbonyl (C=O) groups excluding carboxylic acids is 1. The molecular formula is C23H20N2O3. The lowest BCUT2D eigenvalue weighted by Crippen LogP contribution is -2.35. The molecule has 28 heavy (non-hydrogen) atoms. The molecule has 0 unspecified atom stereocenters. The van der Waals surface area contributed by atoms with Gasteiger partial charge in [0.2, 0.25) is 0 Å². The molecule has 0 amide bonds. The molecule has 0 spiro atoms. The quantitative estimate of drug-likeness (QED) is 0.515. The predicted molar refractivity (Wildman–Crippen MR) is 106 cm³/mol. The highest BCUT2D eigenvalue weighted by molar-refractivity contribution is 5.93. The summed E-state index contributed by atoms with van der Waals surface area (Å²) >= 11 is 0. The Morgan fingerprint density at radius 2 is 1.89 bits per heavy atom. The van der Waals surface area contributed by atoms with E-state index in [-0.39, 0.29) is 0 Å². The van der Waals surface area contributed by atoms with Crippen molar-refractivity contribution < 1.29 is 14.3 Å². The second kappa shape index (κ2) is 8.22. The van der Waals surface area contributed by atoms with E-state index in [9.17, 15) is 4.79 Å². The fraction of sp³-hybridized carbons (Fsp3) is 0.217. The van der Waals surface area contributed by atoms with E-state index in [2.05, 4.69) is 17.0 Å². The van der Waals surface area contributed by atoms with Crippen LogP contribution in [0.4, 0.5) is 0 Å². The second-order valence-corrected chi connectivity index (χ2v) is 6.73. The minimum absolute atomic E-state index is 0.365. The molecule has 3 aromatic rings. The molecular weight excluding hydrogens is 352 g/mol. The first kappa shape index (κ1) is 18.2. The number of nitrogens with zero attached hydrogens (tertiary/aromatic N) is 2. The largest absolute Gasteiger partial charge is 0.423 e. The molecule has 0 bridgehead atoms. The van der Waals surface area contributed by atoms with Crippen molar-refractivity contribution in [3.05, 3.63) is 77.4 Å². The van der Waals surface area contributed by atoms with Crippen LogP contribution in [0.2, 0.25) is 0 Å². The van der Waals surface area contributed by atoms with Crippen LogP contribution in [0.25, 0.3) is 10.8 Å². The minimum Gasteiger partial charge on any atom is -0.423 e. The van der Waals surface area contributed by atoms with E-state index < -0.39 is 5.97 Å². The molecule has 1 aliphatic rings. The lowest BCUT2D eigenvalue weighted by Gasteiger charge is -2.27. The summed E-state index contributed by atoms with van der Waals surface area (Å²) in [5.41, 5.74) is 1.79. The third-order valence-electron chi connectivity index (χ3n) is 4.91. The van der Waals surface area contributed by atoms with Crippen LogP contribution in [-0.4, -0.2) is 37.2 Å². The Bertz CT molecular complexity index is 1050. The van der Waals surface area contributed by atoms with Crippen LogP contribution in [0.15, 0.2) is 60.7 Å². The van der Waals surface area contributed by atoms with Crippen molar-refractivity contribution in [2.75, 3.05) is 26.3 Å². The molecule has 1 fully saturated rings. The van der Waals surface area contributed by atoms with E-state index in [4.69, 9.17) is 14.7 Å². The molecule has 0 atom stereocenters. The van der Waals surface area contributed by atoms with Gasteiger partial charge in [0.15, 0.2) is 0 Å². The average Bonchev–Trinajstić information content (AvgIpc) is 2.76. The van der Waals surface area contributed by atoms with Crippen molar-refractivity contribution in [2.45, 2.75) is 6.54 Å². The third kappa shape index (κ3) is 3.89. The van der Waals surface area contributed by atoms with Gasteiger partial charge in [-0.15, -0.1) is 0 Å². The highest BCUT2D eigenvalue weighted by Crippen LogP contribution is 2.30. The first-order chi connectivity index (χ1) is 13.7. The summed E-state index contributed by atoms with van der Waals surface area (Å²) in [6.07, 6.45) is 0. The van der Waals surface area contributed by atoms with Crippen molar-refractivity contribution in [1.82, 2.24) is 4.90 Å². The molecule has 5 nitrogen and oxygen atoms in total. The molecule has 0 saturated carbocycles. The Balaban J connectivity index is 1.68. The summed E-state index contributed by atoms with van der Waals surface area (Å²) in [5.74, 6) is 0.0909. The molecule has 1 heterocycles. The summed E-state index contributed by atoms with van der Waals surface area (Å²) in [7, 11) is 0. The Kier molecular flexibility index (Phi) is 5.34. The van der Waals surface area contributed by atoms with Gasteiger partial charge >= 0.3 is 5.97 Å². The summed E-state index contributed by atoms with van der Waals surface area (Å²) in [4.78, 5) is 15.0. The fourth-order valence-corrected chi connectivity index (χ4v) is 3.43. The highest BCUT2D eigenvalue weighted by Gasteiger charge is 2.18. The van der Waals surface area contributed by atoms with E-state index in [1.807, 2.05) is 30.3 Å². The second-order valence-electron chi connectivity index (χ2n) is 6.73. The molecule has 140 valence electrons. The monoisotopic (exact) mass is 372 g/mol. The Morgan fingerprint density at radius 1 is 1.07 bits per heavy atom. The number of esters is 1. The Labute approximate surface area is 163 Å². The average molecular weight is 372 g/mol. The third-order valence-corrected chi connectivity index (χ3v) is 4.91. The molecule has 4 rings (SSSR count). The number of morpholine rings is 1. The molecule has 0 aliphatic carbocycles. The number of hydrogen-bond donors (Lipinski definition) is 0. The maximum absolute atomic E-state index is 12.7. The zero-order valence-corrected chi connectivity index (χ0v) is 15.4. The van der Waals surface area contributed by atoms with Crippen LogP contribution in [0.3, 0.4) is 0 Å². The van der Waals surface area contributed by atoms with Crippen LogP contribution in [0, 0.1) is 11.3 Å². The topological polar surface area (TPSA) is 62.6 Å². The fourth-order valence-electron chi connectivity index (χ4n) is 3.43. The smallest absolute Gasteiger partial charge is 0.343 e. The van der Waals surface area contributed by atoms with Gasteiger partial charge in [-0.3, -0.25) is 4.90 Å². The molecule has 0 radical (unpaired) electrons. The number of fused-ring (bicyclic) bond motifs is 1. The molecule has 0 N–H and O–H groups in total. The summed E-state index contributed by atoms with van der Waals surface area (Å²) < 4.78 is 11.2. The summed E-state index contributed by atoms with van der Waals surface area (Å²) in [5, 5.41) is 11.2. The van der Waals surface area contributed by atoms with Crippen LogP contribution in [-0.2, 0) is 11.3 Å². The van der Waals surface area contributed by atoms with Crippen LogP contribution < -0.4 is 4.74 Å². The zero-order chi connectivity index (χ0) is 19.3. The Morgan fingerprint density at radius 3 is 2.71 bits per heavy atom. The van der Waals surface area contributed by atoms with E-state index >= 15 is 0 Å². The van der Waals surface area contributed by atoms with E-state index in [1.165, 1.54) is 0 Å².